The number of nitrogens with zero attached hydrogens (tertiary/aromatic N) is 2. The average molecular weight is 444 g/mol. The van der Waals surface area contributed by atoms with Crippen LogP contribution >= 0.6 is 12.0 Å². The van der Waals surface area contributed by atoms with Crippen LogP contribution in [0, 0.1) is 0 Å². The van der Waals surface area contributed by atoms with E-state index in [0.29, 0.717) is 18.1 Å². The van der Waals surface area contributed by atoms with Crippen molar-refractivity contribution in [3.05, 3.63) is 12.1 Å². The van der Waals surface area contributed by atoms with Gasteiger partial charge in [-0.1, -0.05) is 5.04 Å². The molecule has 4 N–H and O–H groups in total. The van der Waals surface area contributed by atoms with Gasteiger partial charge >= 0.3 is 16.3 Å². The van der Waals surface area contributed by atoms with Crippen molar-refractivity contribution in [2.24, 2.45) is 0 Å². The van der Waals surface area contributed by atoms with Crippen molar-refractivity contribution in [1.82, 2.24) is 9.46 Å². The van der Waals surface area contributed by atoms with Crippen LogP contribution in [0.3, 0.4) is 0 Å². The van der Waals surface area contributed by atoms with Crippen molar-refractivity contribution in [1.29, 1.82) is 0 Å². The molecule has 0 saturated heterocycles. The summed E-state index contributed by atoms with van der Waals surface area (Å²) in [7, 11) is -2.50. The molecule has 15 nitrogen and oxygen atoms in total. The lowest BCUT2D eigenvalue weighted by molar-refractivity contribution is -0.447. The van der Waals surface area contributed by atoms with Gasteiger partial charge in [0.1, 0.15) is 4.90 Å². The first kappa shape index (κ1) is 21.5. The number of aromatic hydroxyl groups is 4. The van der Waals surface area contributed by atoms with Crippen LogP contribution in [-0.2, 0) is 28.6 Å². The normalized spacial score (nSPS) is 11.5. The number of hydrogen-bond donors (Lipinski definition) is 4. The molecule has 0 amide bonds. The first-order valence-electron chi connectivity index (χ1n) is 6.65. The van der Waals surface area contributed by atoms with Gasteiger partial charge in [-0.15, -0.1) is 13.8 Å². The Bertz CT molecular complexity index is 964. The predicted molar refractivity (Wildman–Crippen MR) is 83.3 cm³/mol. The Morgan fingerprint density at radius 1 is 1.00 bits per heavy atom. The van der Waals surface area contributed by atoms with Gasteiger partial charge in [-0.2, -0.15) is 13.2 Å². The summed E-state index contributed by atoms with van der Waals surface area (Å²) in [6.07, 6.45) is -1.71. The molecule has 0 aromatic carbocycles. The van der Waals surface area contributed by atoms with E-state index in [9.17, 15) is 33.6 Å². The summed E-state index contributed by atoms with van der Waals surface area (Å²) in [6, 6.07) is 1.44. The number of carbonyl (C=O) groups is 1. The van der Waals surface area contributed by atoms with E-state index < -0.39 is 44.7 Å². The molecule has 2 aromatic rings. The summed E-state index contributed by atoms with van der Waals surface area (Å²) >= 11 is 0.375. The molecule has 0 saturated carbocycles. The Balaban J connectivity index is 2.18. The number of rotatable bonds is 8. The molecule has 156 valence electrons. The molecule has 0 unspecified atom stereocenters. The largest absolute Gasteiger partial charge is 0.560 e. The molecule has 0 bridgehead atoms. The Morgan fingerprint density at radius 2 is 1.57 bits per heavy atom. The quantitative estimate of drug-likeness (QED) is 0.135. The molecule has 2 aromatic heterocycles. The highest BCUT2D eigenvalue weighted by Gasteiger charge is 2.29. The Morgan fingerprint density at radius 3 is 2.14 bits per heavy atom. The highest BCUT2D eigenvalue weighted by Crippen LogP contribution is 2.35. The number of carbonyl (C=O) groups excluding carboxylic acids is 1. The van der Waals surface area contributed by atoms with Gasteiger partial charge in [0.15, 0.2) is 4.90 Å². The van der Waals surface area contributed by atoms with Crippen molar-refractivity contribution >= 4 is 28.3 Å². The van der Waals surface area contributed by atoms with E-state index in [1.165, 1.54) is 0 Å². The van der Waals surface area contributed by atoms with E-state index in [-0.39, 0.29) is 14.4 Å². The molecule has 0 spiro atoms. The van der Waals surface area contributed by atoms with Gasteiger partial charge in [-0.25, -0.2) is 4.89 Å². The molecule has 0 radical (unpaired) electrons. The lowest BCUT2D eigenvalue weighted by atomic mass is 10.6. The van der Waals surface area contributed by atoms with Crippen molar-refractivity contribution < 1.29 is 61.8 Å². The van der Waals surface area contributed by atoms with Crippen LogP contribution in [0.4, 0.5) is 4.79 Å². The van der Waals surface area contributed by atoms with E-state index in [2.05, 4.69) is 28.1 Å². The maximum Gasteiger partial charge on any atom is 0.560 e. The van der Waals surface area contributed by atoms with Crippen LogP contribution in [0.5, 0.6) is 23.5 Å². The molecule has 0 aliphatic carbocycles. The lowest BCUT2D eigenvalue weighted by Gasteiger charge is -2.09. The zero-order valence-electron chi connectivity index (χ0n) is 13.8. The van der Waals surface area contributed by atoms with E-state index in [0.717, 1.165) is 20.3 Å². The van der Waals surface area contributed by atoms with Crippen molar-refractivity contribution in [3.63, 3.8) is 0 Å². The van der Waals surface area contributed by atoms with Crippen LogP contribution in [-0.4, -0.2) is 58.7 Å². The molecule has 0 aliphatic heterocycles. The minimum atomic E-state index is -4.43. The van der Waals surface area contributed by atoms with Crippen LogP contribution in [0.2, 0.25) is 0 Å². The van der Waals surface area contributed by atoms with Gasteiger partial charge < -0.3 is 20.4 Å². The fourth-order valence-electron chi connectivity index (χ4n) is 1.66. The van der Waals surface area contributed by atoms with E-state index >= 15 is 0 Å². The molecule has 0 fully saturated rings. The third kappa shape index (κ3) is 4.35. The zero-order chi connectivity index (χ0) is 21.1. The molecule has 0 aliphatic rings. The molecule has 17 heteroatoms. The summed E-state index contributed by atoms with van der Waals surface area (Å²) in [5, 5.41) is 43.0. The Labute approximate surface area is 159 Å². The van der Waals surface area contributed by atoms with Crippen molar-refractivity contribution in [2.45, 2.75) is 9.79 Å². The third-order valence-corrected chi connectivity index (χ3v) is 4.68. The highest BCUT2D eigenvalue weighted by molar-refractivity contribution is 7.94. The van der Waals surface area contributed by atoms with Crippen molar-refractivity contribution in [2.75, 3.05) is 14.2 Å². The van der Waals surface area contributed by atoms with Gasteiger partial charge in [0.05, 0.1) is 26.3 Å². The summed E-state index contributed by atoms with van der Waals surface area (Å²) in [5.74, 6) is -3.84. The second-order valence-electron chi connectivity index (χ2n) is 4.41. The Hall–Kier alpha value is -2.83. The minimum Gasteiger partial charge on any atom is -0.492 e. The van der Waals surface area contributed by atoms with Crippen LogP contribution < -0.4 is 9.68 Å². The maximum absolute atomic E-state index is 11.8. The maximum atomic E-state index is 11.8. The fourth-order valence-corrected chi connectivity index (χ4v) is 2.86. The fraction of sp³-hybridized carbons (Fsp3) is 0.182. The second-order valence-corrected chi connectivity index (χ2v) is 6.83. The Kier molecular flexibility index (Phi) is 6.48. The average Bonchev–Trinajstić information content (AvgIpc) is 3.07. The monoisotopic (exact) mass is 444 g/mol. The summed E-state index contributed by atoms with van der Waals surface area (Å²) < 4.78 is 31.9. The topological polar surface area (TPSA) is 197 Å². The first-order valence-corrected chi connectivity index (χ1v) is 8.80. The molecule has 28 heavy (non-hydrogen) atoms. The standard InChI is InChI=1S/C11H12N2O13S2/c1-21-25-26-27-5-3-7(14)12(9(5)16)23-11(18)24-13-8(15)4-6(10(13)17)28(19,20)22-2/h3-4,14-17H,1-2H3. The van der Waals surface area contributed by atoms with Crippen LogP contribution in [0.1, 0.15) is 0 Å². The predicted octanol–water partition coefficient (Wildman–Crippen LogP) is -0.359. The first-order chi connectivity index (χ1) is 13.1. The zero-order valence-corrected chi connectivity index (χ0v) is 15.5. The summed E-state index contributed by atoms with van der Waals surface area (Å²) in [6.45, 7) is 0. The smallest absolute Gasteiger partial charge is 0.492 e. The lowest BCUT2D eigenvalue weighted by Crippen LogP contribution is -2.28. The summed E-state index contributed by atoms with van der Waals surface area (Å²) in [4.78, 5) is 23.8. The molecule has 0 atom stereocenters. The van der Waals surface area contributed by atoms with Gasteiger partial charge in [-0.05, 0) is 0 Å². The molecule has 2 rings (SSSR count). The van der Waals surface area contributed by atoms with E-state index in [1.54, 1.807) is 0 Å². The number of hydrogen-bond acceptors (Lipinski definition) is 14. The van der Waals surface area contributed by atoms with Gasteiger partial charge in [0.25, 0.3) is 5.88 Å². The number of aromatic nitrogens is 2. The summed E-state index contributed by atoms with van der Waals surface area (Å²) in [5.41, 5.74) is 0. The van der Waals surface area contributed by atoms with Gasteiger partial charge in [-0.3, -0.25) is 13.9 Å². The van der Waals surface area contributed by atoms with Gasteiger partial charge in [0, 0.05) is 12.1 Å². The SMILES string of the molecule is COOOSc1cc(O)n(OC(=O)On2c(O)cc(S(=O)(=O)OC)c2O)c1O. The molecular weight excluding hydrogens is 432 g/mol. The molecule has 2 heterocycles. The van der Waals surface area contributed by atoms with Crippen LogP contribution in [0.25, 0.3) is 0 Å². The van der Waals surface area contributed by atoms with Gasteiger partial charge in [0.2, 0.25) is 17.6 Å². The van der Waals surface area contributed by atoms with Crippen molar-refractivity contribution in [3.8, 4) is 23.5 Å². The third-order valence-electron chi connectivity index (χ3n) is 2.80. The highest BCUT2D eigenvalue weighted by atomic mass is 32.2. The second kappa shape index (κ2) is 8.46. The van der Waals surface area contributed by atoms with Crippen LogP contribution in [0.15, 0.2) is 21.9 Å². The minimum absolute atomic E-state index is 0.00294. The molecular formula is C11H12N2O13S2. The van der Waals surface area contributed by atoms with E-state index in [4.69, 9.17) is 0 Å². The van der Waals surface area contributed by atoms with E-state index in [1.807, 2.05) is 0 Å².